The largest absolute Gasteiger partial charge is 0.327 e. The molecule has 0 aromatic heterocycles. The van der Waals surface area contributed by atoms with Gasteiger partial charge in [-0.1, -0.05) is 30.3 Å². The minimum absolute atomic E-state index is 0.241. The summed E-state index contributed by atoms with van der Waals surface area (Å²) in [6, 6.07) is 16.3. The van der Waals surface area contributed by atoms with Crippen LogP contribution in [0.3, 0.4) is 0 Å². The number of hydrogen-bond acceptors (Lipinski definition) is 3. The molecule has 0 saturated heterocycles. The summed E-state index contributed by atoms with van der Waals surface area (Å²) in [7, 11) is 0. The molecule has 5 nitrogen and oxygen atoms in total. The number of thioether (sulfide) groups is 1. The zero-order chi connectivity index (χ0) is 17.8. The van der Waals surface area contributed by atoms with Crippen molar-refractivity contribution in [1.82, 2.24) is 10.6 Å². The molecule has 0 spiro atoms. The van der Waals surface area contributed by atoms with Crippen molar-refractivity contribution >= 4 is 29.4 Å². The highest BCUT2D eigenvalue weighted by molar-refractivity contribution is 7.98. The van der Waals surface area contributed by atoms with Crippen LogP contribution in [0.2, 0.25) is 0 Å². The smallest absolute Gasteiger partial charge is 0.319 e. The van der Waals surface area contributed by atoms with Crippen LogP contribution >= 0.6 is 11.8 Å². The van der Waals surface area contributed by atoms with Crippen LogP contribution in [0.5, 0.6) is 0 Å². The number of anilines is 1. The molecule has 2 aromatic rings. The molecule has 0 radical (unpaired) electrons. The van der Waals surface area contributed by atoms with Crippen LogP contribution in [0.25, 0.3) is 0 Å². The van der Waals surface area contributed by atoms with E-state index in [1.165, 1.54) is 0 Å². The maximum absolute atomic E-state index is 12.8. The molecule has 2 aromatic carbocycles. The fourth-order valence-corrected chi connectivity index (χ4v) is 3.17. The van der Waals surface area contributed by atoms with E-state index in [-0.39, 0.29) is 11.9 Å². The highest BCUT2D eigenvalue weighted by atomic mass is 32.2. The molecular formula is C19H19N3O2S. The number of benzene rings is 2. The zero-order valence-electron chi connectivity index (χ0n) is 14.0. The van der Waals surface area contributed by atoms with Gasteiger partial charge in [0.25, 0.3) is 5.91 Å². The minimum atomic E-state index is -0.492. The topological polar surface area (TPSA) is 70.2 Å². The van der Waals surface area contributed by atoms with Crippen LogP contribution in [0.15, 0.2) is 70.8 Å². The minimum Gasteiger partial charge on any atom is -0.327 e. The summed E-state index contributed by atoms with van der Waals surface area (Å²) >= 11 is 1.64. The van der Waals surface area contributed by atoms with Gasteiger partial charge < -0.3 is 16.0 Å². The van der Waals surface area contributed by atoms with Gasteiger partial charge in [0.1, 0.15) is 0 Å². The average Bonchev–Trinajstić information content (AvgIpc) is 2.62. The van der Waals surface area contributed by atoms with Gasteiger partial charge in [0.2, 0.25) is 0 Å². The van der Waals surface area contributed by atoms with Gasteiger partial charge in [-0.15, -0.1) is 11.8 Å². The Hall–Kier alpha value is -2.73. The fourth-order valence-electron chi connectivity index (χ4n) is 2.76. The Morgan fingerprint density at radius 2 is 1.76 bits per heavy atom. The molecule has 1 aliphatic rings. The van der Waals surface area contributed by atoms with Crippen LogP contribution in [0.4, 0.5) is 10.5 Å². The molecule has 1 atom stereocenters. The van der Waals surface area contributed by atoms with E-state index in [1.807, 2.05) is 60.9 Å². The average molecular weight is 353 g/mol. The normalized spacial score (nSPS) is 16.9. The molecule has 0 fully saturated rings. The summed E-state index contributed by atoms with van der Waals surface area (Å²) in [5.74, 6) is -0.241. The van der Waals surface area contributed by atoms with E-state index in [4.69, 9.17) is 0 Å². The Balaban J connectivity index is 1.93. The number of urea groups is 1. The van der Waals surface area contributed by atoms with Crippen molar-refractivity contribution in [2.45, 2.75) is 17.9 Å². The molecule has 1 heterocycles. The van der Waals surface area contributed by atoms with E-state index >= 15 is 0 Å². The molecule has 3 rings (SSSR count). The first kappa shape index (κ1) is 17.1. The van der Waals surface area contributed by atoms with Gasteiger partial charge in [0.05, 0.1) is 11.6 Å². The van der Waals surface area contributed by atoms with Crippen LogP contribution < -0.4 is 16.0 Å². The van der Waals surface area contributed by atoms with Crippen molar-refractivity contribution in [3.63, 3.8) is 0 Å². The summed E-state index contributed by atoms with van der Waals surface area (Å²) in [5.41, 5.74) is 2.63. The van der Waals surface area contributed by atoms with Crippen molar-refractivity contribution < 1.29 is 9.59 Å². The van der Waals surface area contributed by atoms with E-state index in [0.29, 0.717) is 17.0 Å². The molecular weight excluding hydrogens is 334 g/mol. The molecule has 3 N–H and O–H groups in total. The lowest BCUT2D eigenvalue weighted by atomic mass is 9.95. The third-order valence-corrected chi connectivity index (χ3v) is 4.74. The van der Waals surface area contributed by atoms with E-state index in [2.05, 4.69) is 16.0 Å². The Labute approximate surface area is 150 Å². The van der Waals surface area contributed by atoms with E-state index < -0.39 is 6.04 Å². The molecule has 1 aliphatic heterocycles. The number of rotatable bonds is 4. The highest BCUT2D eigenvalue weighted by Gasteiger charge is 2.31. The van der Waals surface area contributed by atoms with Crippen LogP contribution in [-0.4, -0.2) is 18.2 Å². The standard InChI is InChI=1S/C19H19N3O2S/c1-12-16(18(23)21-14-6-4-3-5-7-14)17(22-19(24)20-12)13-8-10-15(25-2)11-9-13/h3-11,17H,1-2H3,(H,21,23)(H2,20,22,24). The van der Waals surface area contributed by atoms with E-state index in [1.54, 1.807) is 18.7 Å². The van der Waals surface area contributed by atoms with Crippen LogP contribution in [-0.2, 0) is 4.79 Å². The van der Waals surface area contributed by atoms with Crippen molar-refractivity contribution in [3.05, 3.63) is 71.4 Å². The van der Waals surface area contributed by atoms with Crippen molar-refractivity contribution in [2.75, 3.05) is 11.6 Å². The summed E-state index contributed by atoms with van der Waals surface area (Å²) in [6.07, 6.45) is 2.00. The number of allylic oxidation sites excluding steroid dienone is 1. The van der Waals surface area contributed by atoms with Gasteiger partial charge >= 0.3 is 6.03 Å². The molecule has 6 heteroatoms. The first-order chi connectivity index (χ1) is 12.1. The predicted octanol–water partition coefficient (Wildman–Crippen LogP) is 3.68. The molecule has 25 heavy (non-hydrogen) atoms. The molecule has 1 unspecified atom stereocenters. The van der Waals surface area contributed by atoms with Gasteiger partial charge in [0.15, 0.2) is 0 Å². The second-order valence-corrected chi connectivity index (χ2v) is 6.54. The van der Waals surface area contributed by atoms with Gasteiger partial charge in [-0.05, 0) is 43.0 Å². The monoisotopic (exact) mass is 353 g/mol. The maximum Gasteiger partial charge on any atom is 0.319 e. The van der Waals surface area contributed by atoms with Crippen molar-refractivity contribution in [2.24, 2.45) is 0 Å². The van der Waals surface area contributed by atoms with Crippen LogP contribution in [0.1, 0.15) is 18.5 Å². The maximum atomic E-state index is 12.8. The van der Waals surface area contributed by atoms with E-state index in [9.17, 15) is 9.59 Å². The lowest BCUT2D eigenvalue weighted by Gasteiger charge is -2.28. The number of amides is 3. The SMILES string of the molecule is CSc1ccc(C2NC(=O)NC(C)=C2C(=O)Nc2ccccc2)cc1. The van der Waals surface area contributed by atoms with Gasteiger partial charge in [-0.25, -0.2) is 4.79 Å². The number of hydrogen-bond donors (Lipinski definition) is 3. The van der Waals surface area contributed by atoms with Gasteiger partial charge in [-0.3, -0.25) is 4.79 Å². The third kappa shape index (κ3) is 3.85. The predicted molar refractivity (Wildman–Crippen MR) is 100 cm³/mol. The summed E-state index contributed by atoms with van der Waals surface area (Å²) < 4.78 is 0. The van der Waals surface area contributed by atoms with Gasteiger partial charge in [-0.2, -0.15) is 0 Å². The lowest BCUT2D eigenvalue weighted by Crippen LogP contribution is -2.45. The third-order valence-electron chi connectivity index (χ3n) is 3.99. The highest BCUT2D eigenvalue weighted by Crippen LogP contribution is 2.29. The summed E-state index contributed by atoms with van der Waals surface area (Å²) in [6.45, 7) is 1.74. The quantitative estimate of drug-likeness (QED) is 0.735. The summed E-state index contributed by atoms with van der Waals surface area (Å²) in [5, 5.41) is 8.41. The fraction of sp³-hybridized carbons (Fsp3) is 0.158. The molecule has 3 amide bonds. The Kier molecular flexibility index (Phi) is 5.09. The molecule has 128 valence electrons. The summed E-state index contributed by atoms with van der Waals surface area (Å²) in [4.78, 5) is 25.9. The number of carbonyl (C=O) groups excluding carboxylic acids is 2. The van der Waals surface area contributed by atoms with Crippen molar-refractivity contribution in [1.29, 1.82) is 0 Å². The zero-order valence-corrected chi connectivity index (χ0v) is 14.8. The number of para-hydroxylation sites is 1. The Morgan fingerprint density at radius 3 is 2.40 bits per heavy atom. The Morgan fingerprint density at radius 1 is 1.08 bits per heavy atom. The van der Waals surface area contributed by atoms with Crippen molar-refractivity contribution in [3.8, 4) is 0 Å². The number of nitrogens with one attached hydrogen (secondary N) is 3. The number of carbonyl (C=O) groups is 2. The van der Waals surface area contributed by atoms with E-state index in [0.717, 1.165) is 10.5 Å². The van der Waals surface area contributed by atoms with Crippen LogP contribution in [0, 0.1) is 0 Å². The molecule has 0 bridgehead atoms. The Bertz CT molecular complexity index is 816. The first-order valence-electron chi connectivity index (χ1n) is 7.87. The molecule has 0 aliphatic carbocycles. The second kappa shape index (κ2) is 7.44. The lowest BCUT2D eigenvalue weighted by molar-refractivity contribution is -0.113. The second-order valence-electron chi connectivity index (χ2n) is 5.66. The molecule has 0 saturated carbocycles. The first-order valence-corrected chi connectivity index (χ1v) is 9.09. The van der Waals surface area contributed by atoms with Gasteiger partial charge in [0, 0.05) is 16.3 Å².